The van der Waals surface area contributed by atoms with E-state index in [1.807, 2.05) is 32.0 Å². The number of rotatable bonds is 7. The van der Waals surface area contributed by atoms with Gasteiger partial charge in [0.05, 0.1) is 6.04 Å². The zero-order valence-electron chi connectivity index (χ0n) is 26.0. The molecule has 0 heterocycles. The topological polar surface area (TPSA) is 85.0 Å². The summed E-state index contributed by atoms with van der Waals surface area (Å²) in [6.07, 6.45) is 1.53. The highest BCUT2D eigenvalue weighted by Gasteiger charge is 2.57. The number of aliphatic hydroxyl groups excluding tert-OH is 1. The Morgan fingerprint density at radius 2 is 1.76 bits per heavy atom. The third-order valence-electron chi connectivity index (χ3n) is 9.84. The first-order valence-electron chi connectivity index (χ1n) is 14.7. The predicted octanol–water partition coefficient (Wildman–Crippen LogP) is 5.39. The van der Waals surface area contributed by atoms with Gasteiger partial charge in [-0.3, -0.25) is 4.90 Å². The van der Waals surface area contributed by atoms with E-state index in [1.54, 1.807) is 0 Å². The average Bonchev–Trinajstić information content (AvgIpc) is 2.92. The molecule has 0 saturated heterocycles. The Morgan fingerprint density at radius 1 is 1.10 bits per heavy atom. The van der Waals surface area contributed by atoms with Crippen LogP contribution in [0.4, 0.5) is 5.69 Å². The summed E-state index contributed by atoms with van der Waals surface area (Å²) < 4.78 is 0. The molecule has 0 bridgehead atoms. The Morgan fingerprint density at radius 3 is 2.36 bits per heavy atom. The van der Waals surface area contributed by atoms with Gasteiger partial charge in [-0.05, 0) is 103 Å². The highest BCUT2D eigenvalue weighted by Crippen LogP contribution is 2.58. The molecule has 0 spiro atoms. The van der Waals surface area contributed by atoms with Gasteiger partial charge in [-0.15, -0.1) is 0 Å². The highest BCUT2D eigenvalue weighted by molar-refractivity contribution is 5.89. The van der Waals surface area contributed by atoms with Crippen LogP contribution in [0.1, 0.15) is 41.2 Å². The molecular formula is C36H46N4O2. The van der Waals surface area contributed by atoms with Gasteiger partial charge in [0.25, 0.3) is 0 Å². The number of likely N-dealkylation sites (N-methyl/N-ethyl adjacent to an activating group) is 1. The lowest BCUT2D eigenvalue weighted by atomic mass is 9.55. The molecule has 42 heavy (non-hydrogen) atoms. The number of hydrogen-bond acceptors (Lipinski definition) is 6. The van der Waals surface area contributed by atoms with Gasteiger partial charge >= 0.3 is 0 Å². The summed E-state index contributed by atoms with van der Waals surface area (Å²) in [5, 5.41) is 27.6. The Labute approximate surface area is 251 Å². The standard InChI is InChI=1S/C36H46N4O2/c1-20-27(19-38-18-25-13-11-10-12-14-25)17-30(39(6)7)28-15-26-16-29-34(40(8)9)35(41)33(24(5)37)23(4)36(29,42)22(3)32(26)21(2)31(20)28/h10-14,17,26,29,34,38,41-42H,2,4-5,15-16,18-19,37H2,1,3,6-9H3/t26-,29-,34?,36-/m0/s1. The normalized spacial score (nSPS) is 25.4. The summed E-state index contributed by atoms with van der Waals surface area (Å²) in [5.74, 6) is -0.00592. The van der Waals surface area contributed by atoms with Crippen molar-refractivity contribution in [2.75, 3.05) is 33.1 Å². The lowest BCUT2D eigenvalue weighted by molar-refractivity contribution is -0.0178. The van der Waals surface area contributed by atoms with Crippen molar-refractivity contribution in [2.45, 2.75) is 51.4 Å². The molecule has 1 unspecified atom stereocenters. The van der Waals surface area contributed by atoms with Crippen LogP contribution in [0.5, 0.6) is 0 Å². The molecule has 0 amide bonds. The van der Waals surface area contributed by atoms with Crippen molar-refractivity contribution < 1.29 is 10.2 Å². The first-order valence-corrected chi connectivity index (χ1v) is 14.7. The third kappa shape index (κ3) is 4.53. The van der Waals surface area contributed by atoms with E-state index < -0.39 is 11.6 Å². The van der Waals surface area contributed by atoms with E-state index in [9.17, 15) is 10.2 Å². The first kappa shape index (κ1) is 29.9. The molecule has 5 N–H and O–H groups in total. The second kappa shape index (κ2) is 10.9. The number of fused-ring (bicyclic) bond motifs is 3. The zero-order chi connectivity index (χ0) is 30.7. The summed E-state index contributed by atoms with van der Waals surface area (Å²) >= 11 is 0. The highest BCUT2D eigenvalue weighted by atomic mass is 16.3. The van der Waals surface area contributed by atoms with Gasteiger partial charge in [0.1, 0.15) is 11.4 Å². The van der Waals surface area contributed by atoms with Crippen molar-refractivity contribution in [1.29, 1.82) is 0 Å². The Balaban J connectivity index is 1.61. The van der Waals surface area contributed by atoms with Crippen molar-refractivity contribution in [3.05, 3.63) is 118 Å². The molecule has 5 rings (SSSR count). The fraction of sp³-hybridized carbons (Fsp3) is 0.389. The van der Waals surface area contributed by atoms with Gasteiger partial charge in [-0.1, -0.05) is 50.1 Å². The number of hydrogen-bond donors (Lipinski definition) is 4. The molecule has 0 radical (unpaired) electrons. The summed E-state index contributed by atoms with van der Waals surface area (Å²) in [5.41, 5.74) is 16.1. The molecule has 0 saturated carbocycles. The number of nitrogens with zero attached hydrogens (tertiary/aromatic N) is 2. The molecule has 0 aliphatic heterocycles. The smallest absolute Gasteiger partial charge is 0.119 e. The molecule has 6 nitrogen and oxygen atoms in total. The molecule has 0 fully saturated rings. The fourth-order valence-corrected chi connectivity index (χ4v) is 7.89. The quantitative estimate of drug-likeness (QED) is 0.360. The Hall–Kier alpha value is -3.58. The molecule has 4 atom stereocenters. The zero-order valence-corrected chi connectivity index (χ0v) is 26.0. The summed E-state index contributed by atoms with van der Waals surface area (Å²) in [4.78, 5) is 4.17. The van der Waals surface area contributed by atoms with Crippen LogP contribution >= 0.6 is 0 Å². The number of allylic oxidation sites excluding steroid dienone is 3. The van der Waals surface area contributed by atoms with Crippen LogP contribution in [0.15, 0.2) is 89.9 Å². The second-order valence-electron chi connectivity index (χ2n) is 12.7. The summed E-state index contributed by atoms with van der Waals surface area (Å²) in [7, 11) is 8.05. The minimum Gasteiger partial charge on any atom is -0.510 e. The Kier molecular flexibility index (Phi) is 7.77. The van der Waals surface area contributed by atoms with E-state index in [-0.39, 0.29) is 23.3 Å². The van der Waals surface area contributed by atoms with E-state index in [1.165, 1.54) is 33.5 Å². The largest absolute Gasteiger partial charge is 0.510 e. The minimum atomic E-state index is -1.38. The number of anilines is 1. The maximum atomic E-state index is 12.6. The third-order valence-corrected chi connectivity index (χ3v) is 9.84. The molecule has 6 heteroatoms. The van der Waals surface area contributed by atoms with Gasteiger partial charge in [0, 0.05) is 50.1 Å². The molecule has 3 aliphatic rings. The molecule has 222 valence electrons. The predicted molar refractivity (Wildman–Crippen MR) is 174 cm³/mol. The SMILES string of the molecule is C=C(N)C1=C(O)C(N(C)C)[C@@H]2C[C@@H]3Cc4c(N(C)C)cc(CNCc5ccccc5)c(C)c4C(=C)C3=C(C)[C@]2(O)C1=C. The molecule has 2 aromatic carbocycles. The first-order chi connectivity index (χ1) is 19.8. The number of aliphatic hydroxyl groups is 2. The molecular weight excluding hydrogens is 520 g/mol. The number of benzene rings is 2. The minimum absolute atomic E-state index is 0.135. The van der Waals surface area contributed by atoms with Crippen molar-refractivity contribution in [1.82, 2.24) is 10.2 Å². The van der Waals surface area contributed by atoms with E-state index in [0.717, 1.165) is 36.2 Å². The van der Waals surface area contributed by atoms with E-state index in [4.69, 9.17) is 5.73 Å². The summed E-state index contributed by atoms with van der Waals surface area (Å²) in [6, 6.07) is 12.3. The van der Waals surface area contributed by atoms with Crippen LogP contribution in [-0.4, -0.2) is 54.9 Å². The second-order valence-corrected chi connectivity index (χ2v) is 12.7. The number of nitrogens with two attached hydrogens (primary N) is 1. The summed E-state index contributed by atoms with van der Waals surface area (Å²) in [6.45, 7) is 18.6. The lowest BCUT2D eigenvalue weighted by Crippen LogP contribution is -2.58. The molecule has 0 aromatic heterocycles. The maximum Gasteiger partial charge on any atom is 0.119 e. The maximum absolute atomic E-state index is 12.6. The van der Waals surface area contributed by atoms with Crippen LogP contribution in [0.2, 0.25) is 0 Å². The van der Waals surface area contributed by atoms with E-state index >= 15 is 0 Å². The fourth-order valence-electron chi connectivity index (χ4n) is 7.89. The Bertz CT molecular complexity index is 1530. The average molecular weight is 567 g/mol. The molecule has 3 aliphatic carbocycles. The van der Waals surface area contributed by atoms with Gasteiger partial charge in [0.2, 0.25) is 0 Å². The van der Waals surface area contributed by atoms with Crippen LogP contribution in [0, 0.1) is 18.8 Å². The van der Waals surface area contributed by atoms with Crippen LogP contribution in [-0.2, 0) is 19.5 Å². The van der Waals surface area contributed by atoms with Crippen molar-refractivity contribution in [3.63, 3.8) is 0 Å². The van der Waals surface area contributed by atoms with Gasteiger partial charge < -0.3 is 26.2 Å². The monoisotopic (exact) mass is 566 g/mol. The van der Waals surface area contributed by atoms with E-state index in [2.05, 4.69) is 81.3 Å². The van der Waals surface area contributed by atoms with Crippen molar-refractivity contribution in [3.8, 4) is 0 Å². The lowest BCUT2D eigenvalue weighted by Gasteiger charge is -2.54. The van der Waals surface area contributed by atoms with Crippen molar-refractivity contribution in [2.24, 2.45) is 17.6 Å². The van der Waals surface area contributed by atoms with Gasteiger partial charge in [-0.2, -0.15) is 0 Å². The van der Waals surface area contributed by atoms with Crippen LogP contribution in [0.3, 0.4) is 0 Å². The van der Waals surface area contributed by atoms with Crippen molar-refractivity contribution >= 4 is 11.3 Å². The number of nitrogens with one attached hydrogen (secondary N) is 1. The molecule has 2 aromatic rings. The van der Waals surface area contributed by atoms with Crippen LogP contribution in [0.25, 0.3) is 5.57 Å². The van der Waals surface area contributed by atoms with Gasteiger partial charge in [-0.25, -0.2) is 0 Å². The van der Waals surface area contributed by atoms with E-state index in [0.29, 0.717) is 17.6 Å². The van der Waals surface area contributed by atoms with Gasteiger partial charge in [0.15, 0.2) is 0 Å². The van der Waals surface area contributed by atoms with Crippen LogP contribution < -0.4 is 16.0 Å².